The average molecular weight is 446 g/mol. The van der Waals surface area contributed by atoms with Crippen LogP contribution in [0.3, 0.4) is 0 Å². The first-order valence-electron chi connectivity index (χ1n) is 8.39. The maximum atomic E-state index is 13.3. The summed E-state index contributed by atoms with van der Waals surface area (Å²) in [5.41, 5.74) is 2.01. The molecule has 1 aromatic heterocycles. The van der Waals surface area contributed by atoms with Gasteiger partial charge in [0.05, 0.1) is 24.0 Å². The van der Waals surface area contributed by atoms with Gasteiger partial charge in [0.25, 0.3) is 17.7 Å². The summed E-state index contributed by atoms with van der Waals surface area (Å²) in [6.07, 6.45) is 0.621. The number of nitriles is 1. The van der Waals surface area contributed by atoms with Gasteiger partial charge in [-0.1, -0.05) is 12.1 Å². The Balaban J connectivity index is 2.22. The lowest BCUT2D eigenvalue weighted by Crippen LogP contribution is -2.13. The number of hydrogen-bond donors (Lipinski definition) is 0. The molecule has 0 fully saturated rings. The molecule has 7 nitrogen and oxygen atoms in total. The molecule has 30 heavy (non-hydrogen) atoms. The summed E-state index contributed by atoms with van der Waals surface area (Å²) < 4.78 is 65.8. The summed E-state index contributed by atoms with van der Waals surface area (Å²) in [6.45, 7) is 0. The molecule has 0 aliphatic heterocycles. The Labute approximate surface area is 172 Å². The standard InChI is InChI=1S/C20H15FN2O5S2/c1-28-20-15(12-22)11-18(19(23-20)14-3-7-16(21)8-4-14)13-5-9-17(10-6-13)30(26,27)29(2,24)25/h3-11H,1-2H3. The van der Waals surface area contributed by atoms with Gasteiger partial charge in [-0.25, -0.2) is 26.2 Å². The smallest absolute Gasteiger partial charge is 0.281 e. The number of halogens is 1. The highest BCUT2D eigenvalue weighted by molar-refractivity contribution is 8.66. The highest BCUT2D eigenvalue weighted by Gasteiger charge is 2.27. The fourth-order valence-electron chi connectivity index (χ4n) is 2.76. The van der Waals surface area contributed by atoms with Gasteiger partial charge in [0.15, 0.2) is 0 Å². The molecule has 0 bridgehead atoms. The molecule has 0 saturated carbocycles. The Kier molecular flexibility index (Phi) is 5.61. The van der Waals surface area contributed by atoms with E-state index < -0.39 is 23.6 Å². The van der Waals surface area contributed by atoms with E-state index in [0.29, 0.717) is 28.6 Å². The lowest BCUT2D eigenvalue weighted by atomic mass is 9.98. The number of methoxy groups -OCH3 is 1. The molecule has 0 aliphatic carbocycles. The number of benzene rings is 2. The molecule has 3 rings (SSSR count). The largest absolute Gasteiger partial charge is 0.480 e. The first kappa shape index (κ1) is 21.4. The summed E-state index contributed by atoms with van der Waals surface area (Å²) in [6, 6.07) is 14.2. The van der Waals surface area contributed by atoms with Crippen LogP contribution < -0.4 is 4.74 Å². The van der Waals surface area contributed by atoms with Gasteiger partial charge in [-0.05, 0) is 48.0 Å². The summed E-state index contributed by atoms with van der Waals surface area (Å²) in [7, 11) is -7.50. The summed E-state index contributed by atoms with van der Waals surface area (Å²) in [4.78, 5) is 3.99. The van der Waals surface area contributed by atoms with Gasteiger partial charge in [-0.15, -0.1) is 0 Å². The molecule has 0 spiro atoms. The lowest BCUT2D eigenvalue weighted by Gasteiger charge is -2.13. The van der Waals surface area contributed by atoms with Crippen LogP contribution in [0.5, 0.6) is 5.88 Å². The molecule has 2 aromatic carbocycles. The fourth-order valence-corrected chi connectivity index (χ4v) is 4.96. The lowest BCUT2D eigenvalue weighted by molar-refractivity contribution is 0.397. The molecule has 154 valence electrons. The maximum Gasteiger partial charge on any atom is 0.281 e. The van der Waals surface area contributed by atoms with Gasteiger partial charge in [0.1, 0.15) is 17.4 Å². The predicted octanol–water partition coefficient (Wildman–Crippen LogP) is 3.17. The van der Waals surface area contributed by atoms with Crippen LogP contribution >= 0.6 is 0 Å². The molecule has 10 heteroatoms. The zero-order chi connectivity index (χ0) is 22.1. The average Bonchev–Trinajstić information content (AvgIpc) is 2.72. The first-order chi connectivity index (χ1) is 14.1. The summed E-state index contributed by atoms with van der Waals surface area (Å²) in [5.74, 6) is -0.354. The van der Waals surface area contributed by atoms with E-state index in [1.807, 2.05) is 6.07 Å². The van der Waals surface area contributed by atoms with Crippen LogP contribution in [0.1, 0.15) is 5.56 Å². The third-order valence-corrected chi connectivity index (χ3v) is 8.89. The van der Waals surface area contributed by atoms with Crippen LogP contribution in [0.4, 0.5) is 4.39 Å². The minimum Gasteiger partial charge on any atom is -0.480 e. The van der Waals surface area contributed by atoms with Crippen molar-refractivity contribution in [2.24, 2.45) is 0 Å². The third kappa shape index (κ3) is 3.90. The fraction of sp³-hybridized carbons (Fsp3) is 0.100. The van der Waals surface area contributed by atoms with E-state index in [1.165, 1.54) is 49.6 Å². The van der Waals surface area contributed by atoms with Crippen molar-refractivity contribution < 1.29 is 26.0 Å². The van der Waals surface area contributed by atoms with Crippen molar-refractivity contribution in [1.29, 1.82) is 5.26 Å². The highest BCUT2D eigenvalue weighted by atomic mass is 33.2. The Morgan fingerprint density at radius 1 is 0.967 bits per heavy atom. The minimum atomic E-state index is -4.52. The molecule has 0 saturated heterocycles. The SMILES string of the molecule is COc1nc(-c2ccc(F)cc2)c(-c2ccc(S(=O)(=O)S(C)(=O)=O)cc2)cc1C#N. The Morgan fingerprint density at radius 3 is 2.03 bits per heavy atom. The molecular weight excluding hydrogens is 431 g/mol. The van der Waals surface area contributed by atoms with E-state index in [0.717, 1.165) is 12.1 Å². The second-order valence-corrected chi connectivity index (χ2v) is 12.2. The number of ether oxygens (including phenoxy) is 1. The molecule has 0 radical (unpaired) electrons. The van der Waals surface area contributed by atoms with E-state index in [2.05, 4.69) is 4.98 Å². The summed E-state index contributed by atoms with van der Waals surface area (Å²) in [5, 5.41) is 9.39. The topological polar surface area (TPSA) is 114 Å². The van der Waals surface area contributed by atoms with Crippen molar-refractivity contribution in [1.82, 2.24) is 4.98 Å². The number of nitrogens with zero attached hydrogens (tertiary/aromatic N) is 2. The van der Waals surface area contributed by atoms with Crippen LogP contribution in [0.15, 0.2) is 59.5 Å². The number of rotatable bonds is 5. The molecule has 1 heterocycles. The van der Waals surface area contributed by atoms with Crippen molar-refractivity contribution >= 4 is 17.7 Å². The molecule has 3 aromatic rings. The second kappa shape index (κ2) is 7.85. The quantitative estimate of drug-likeness (QED) is 0.553. The van der Waals surface area contributed by atoms with Crippen molar-refractivity contribution in [3.8, 4) is 34.3 Å². The normalized spacial score (nSPS) is 11.7. The zero-order valence-corrected chi connectivity index (χ0v) is 17.5. The highest BCUT2D eigenvalue weighted by Crippen LogP contribution is 2.35. The number of hydrogen-bond acceptors (Lipinski definition) is 7. The second-order valence-electron chi connectivity index (χ2n) is 6.24. The van der Waals surface area contributed by atoms with E-state index in [1.54, 1.807) is 0 Å². The number of aromatic nitrogens is 1. The van der Waals surface area contributed by atoms with Gasteiger partial charge >= 0.3 is 0 Å². The summed E-state index contributed by atoms with van der Waals surface area (Å²) >= 11 is 0. The molecule has 0 unspecified atom stereocenters. The maximum absolute atomic E-state index is 13.3. The van der Waals surface area contributed by atoms with Crippen LogP contribution in [-0.2, 0) is 17.7 Å². The van der Waals surface area contributed by atoms with E-state index in [9.17, 15) is 26.5 Å². The van der Waals surface area contributed by atoms with E-state index >= 15 is 0 Å². The van der Waals surface area contributed by atoms with Crippen LogP contribution in [0, 0.1) is 17.1 Å². The zero-order valence-electron chi connectivity index (χ0n) is 15.8. The van der Waals surface area contributed by atoms with Crippen molar-refractivity contribution in [2.75, 3.05) is 13.4 Å². The van der Waals surface area contributed by atoms with Gasteiger partial charge < -0.3 is 4.74 Å². The van der Waals surface area contributed by atoms with E-state index in [4.69, 9.17) is 4.74 Å². The van der Waals surface area contributed by atoms with Gasteiger partial charge in [0, 0.05) is 11.1 Å². The Hall–Kier alpha value is -3.29. The monoisotopic (exact) mass is 446 g/mol. The van der Waals surface area contributed by atoms with Crippen molar-refractivity contribution in [3.63, 3.8) is 0 Å². The first-order valence-corrected chi connectivity index (χ1v) is 12.3. The van der Waals surface area contributed by atoms with Gasteiger partial charge in [-0.3, -0.25) is 0 Å². The van der Waals surface area contributed by atoms with Gasteiger partial charge in [-0.2, -0.15) is 5.26 Å². The molecule has 0 amide bonds. The molecular formula is C20H15FN2O5S2. The van der Waals surface area contributed by atoms with Gasteiger partial charge in [0.2, 0.25) is 5.88 Å². The predicted molar refractivity (Wildman–Crippen MR) is 108 cm³/mol. The van der Waals surface area contributed by atoms with Crippen LogP contribution in [-0.4, -0.2) is 35.2 Å². The minimum absolute atomic E-state index is 0.0804. The van der Waals surface area contributed by atoms with Crippen molar-refractivity contribution in [2.45, 2.75) is 4.90 Å². The Morgan fingerprint density at radius 2 is 1.53 bits per heavy atom. The molecule has 0 atom stereocenters. The Bertz CT molecular complexity index is 1360. The van der Waals surface area contributed by atoms with E-state index in [-0.39, 0.29) is 16.3 Å². The molecule has 0 N–H and O–H groups in total. The van der Waals surface area contributed by atoms with Crippen LogP contribution in [0.25, 0.3) is 22.4 Å². The number of pyridine rings is 1. The third-order valence-electron chi connectivity index (χ3n) is 4.27. The molecule has 0 aliphatic rings. The van der Waals surface area contributed by atoms with Crippen LogP contribution in [0.2, 0.25) is 0 Å². The van der Waals surface area contributed by atoms with Crippen molar-refractivity contribution in [3.05, 3.63) is 66.0 Å².